The maximum Gasteiger partial charge on any atom is 0.224 e. The van der Waals surface area contributed by atoms with Crippen LogP contribution < -0.4 is 10.6 Å². The molecule has 0 atom stereocenters. The summed E-state index contributed by atoms with van der Waals surface area (Å²) in [4.78, 5) is 16.5. The van der Waals surface area contributed by atoms with Crippen LogP contribution in [0.2, 0.25) is 0 Å². The van der Waals surface area contributed by atoms with E-state index < -0.39 is 0 Å². The number of hydrogen-bond acceptors (Lipinski definition) is 4. The van der Waals surface area contributed by atoms with E-state index >= 15 is 0 Å². The van der Waals surface area contributed by atoms with E-state index in [1.165, 1.54) is 4.88 Å². The van der Waals surface area contributed by atoms with E-state index in [1.54, 1.807) is 11.3 Å². The number of hydrogen-bond donors (Lipinski definition) is 2. The van der Waals surface area contributed by atoms with E-state index in [4.69, 9.17) is 0 Å². The van der Waals surface area contributed by atoms with E-state index in [1.807, 2.05) is 42.9 Å². The molecule has 2 rings (SSSR count). The number of amides is 1. The smallest absolute Gasteiger partial charge is 0.224 e. The number of aromatic nitrogens is 1. The van der Waals surface area contributed by atoms with Gasteiger partial charge in [0.1, 0.15) is 0 Å². The standard InChI is InChI=1S/C13H15N3OS/c1-2-13(17)16-11-5-3-4-10(6-11)15-8-12-7-14-9-18-12/h3-7,9,15H,2,8H2,1H3,(H,16,17). The van der Waals surface area contributed by atoms with Crippen LogP contribution in [0.5, 0.6) is 0 Å². The lowest BCUT2D eigenvalue weighted by Gasteiger charge is -2.08. The van der Waals surface area contributed by atoms with Gasteiger partial charge in [0.2, 0.25) is 5.91 Å². The third-order valence-corrected chi connectivity index (χ3v) is 3.20. The van der Waals surface area contributed by atoms with Gasteiger partial charge in [-0.3, -0.25) is 9.78 Å². The molecule has 0 radical (unpaired) electrons. The molecule has 0 bridgehead atoms. The van der Waals surface area contributed by atoms with Gasteiger partial charge < -0.3 is 10.6 Å². The van der Waals surface area contributed by atoms with Crippen molar-refractivity contribution in [1.29, 1.82) is 0 Å². The Bertz CT molecular complexity index is 511. The van der Waals surface area contributed by atoms with Gasteiger partial charge in [0.05, 0.1) is 12.1 Å². The van der Waals surface area contributed by atoms with Gasteiger partial charge in [0.15, 0.2) is 0 Å². The van der Waals surface area contributed by atoms with Crippen LogP contribution in [0.3, 0.4) is 0 Å². The summed E-state index contributed by atoms with van der Waals surface area (Å²) in [7, 11) is 0. The molecule has 0 aliphatic heterocycles. The van der Waals surface area contributed by atoms with Gasteiger partial charge in [0, 0.05) is 28.9 Å². The van der Waals surface area contributed by atoms with Crippen LogP contribution in [0.15, 0.2) is 36.0 Å². The van der Waals surface area contributed by atoms with Crippen LogP contribution in [0.1, 0.15) is 18.2 Å². The van der Waals surface area contributed by atoms with Gasteiger partial charge in [-0.15, -0.1) is 11.3 Å². The molecule has 5 heteroatoms. The van der Waals surface area contributed by atoms with Crippen LogP contribution in [0.4, 0.5) is 11.4 Å². The number of carbonyl (C=O) groups is 1. The first kappa shape index (κ1) is 12.6. The number of rotatable bonds is 5. The Morgan fingerprint density at radius 2 is 2.22 bits per heavy atom. The van der Waals surface area contributed by atoms with Crippen molar-refractivity contribution >= 4 is 28.6 Å². The summed E-state index contributed by atoms with van der Waals surface area (Å²) in [5, 5.41) is 6.13. The summed E-state index contributed by atoms with van der Waals surface area (Å²) in [6.07, 6.45) is 2.33. The molecule has 1 aromatic carbocycles. The summed E-state index contributed by atoms with van der Waals surface area (Å²) >= 11 is 1.62. The zero-order valence-corrected chi connectivity index (χ0v) is 11.0. The van der Waals surface area contributed by atoms with Gasteiger partial charge in [-0.2, -0.15) is 0 Å². The minimum absolute atomic E-state index is 0.0228. The normalized spacial score (nSPS) is 10.1. The Morgan fingerprint density at radius 1 is 1.39 bits per heavy atom. The molecule has 0 aliphatic carbocycles. The maximum atomic E-state index is 11.3. The maximum absolute atomic E-state index is 11.3. The average Bonchev–Trinajstić information content (AvgIpc) is 2.90. The Labute approximate surface area is 110 Å². The second kappa shape index (κ2) is 6.16. The molecule has 0 saturated heterocycles. The van der Waals surface area contributed by atoms with E-state index in [0.717, 1.165) is 17.9 Å². The van der Waals surface area contributed by atoms with E-state index in [9.17, 15) is 4.79 Å². The Kier molecular flexibility index (Phi) is 4.30. The number of nitrogens with one attached hydrogen (secondary N) is 2. The summed E-state index contributed by atoms with van der Waals surface area (Å²) in [6.45, 7) is 2.58. The molecular formula is C13H15N3OS. The van der Waals surface area contributed by atoms with Crippen molar-refractivity contribution < 1.29 is 4.79 Å². The van der Waals surface area contributed by atoms with Crippen molar-refractivity contribution in [3.8, 4) is 0 Å². The van der Waals surface area contributed by atoms with Crippen molar-refractivity contribution in [2.45, 2.75) is 19.9 Å². The fourth-order valence-corrected chi connectivity index (χ4v) is 2.01. The predicted molar refractivity (Wildman–Crippen MR) is 74.8 cm³/mol. The third kappa shape index (κ3) is 3.56. The molecule has 1 heterocycles. The number of thiazole rings is 1. The molecule has 0 unspecified atom stereocenters. The average molecular weight is 261 g/mol. The molecule has 94 valence electrons. The largest absolute Gasteiger partial charge is 0.380 e. The van der Waals surface area contributed by atoms with E-state index in [-0.39, 0.29) is 5.91 Å². The van der Waals surface area contributed by atoms with E-state index in [2.05, 4.69) is 15.6 Å². The van der Waals surface area contributed by atoms with Crippen molar-refractivity contribution in [3.63, 3.8) is 0 Å². The van der Waals surface area contributed by atoms with Crippen molar-refractivity contribution in [3.05, 3.63) is 40.8 Å². The quantitative estimate of drug-likeness (QED) is 0.869. The van der Waals surface area contributed by atoms with Gasteiger partial charge in [-0.25, -0.2) is 0 Å². The molecule has 0 fully saturated rings. The first-order valence-corrected chi connectivity index (χ1v) is 6.67. The number of anilines is 2. The van der Waals surface area contributed by atoms with Gasteiger partial charge in [-0.05, 0) is 18.2 Å². The molecular weight excluding hydrogens is 246 g/mol. The number of benzene rings is 1. The van der Waals surface area contributed by atoms with Crippen LogP contribution in [-0.4, -0.2) is 10.9 Å². The topological polar surface area (TPSA) is 54.0 Å². The Hall–Kier alpha value is -1.88. The minimum Gasteiger partial charge on any atom is -0.380 e. The highest BCUT2D eigenvalue weighted by Gasteiger charge is 2.00. The first-order valence-electron chi connectivity index (χ1n) is 5.79. The molecule has 1 amide bonds. The monoisotopic (exact) mass is 261 g/mol. The highest BCUT2D eigenvalue weighted by molar-refractivity contribution is 7.09. The number of carbonyl (C=O) groups excluding carboxylic acids is 1. The second-order valence-corrected chi connectivity index (χ2v) is 4.77. The van der Waals surface area contributed by atoms with Crippen LogP contribution >= 0.6 is 11.3 Å². The molecule has 0 saturated carbocycles. The van der Waals surface area contributed by atoms with Crippen molar-refractivity contribution in [2.75, 3.05) is 10.6 Å². The highest BCUT2D eigenvalue weighted by atomic mass is 32.1. The lowest BCUT2D eigenvalue weighted by atomic mass is 10.2. The third-order valence-electron chi connectivity index (χ3n) is 2.42. The second-order valence-electron chi connectivity index (χ2n) is 3.80. The van der Waals surface area contributed by atoms with Crippen LogP contribution in [0, 0.1) is 0 Å². The summed E-state index contributed by atoms with van der Waals surface area (Å²) < 4.78 is 0. The predicted octanol–water partition coefficient (Wildman–Crippen LogP) is 3.10. The Balaban J connectivity index is 1.96. The summed E-state index contributed by atoms with van der Waals surface area (Å²) in [5.74, 6) is 0.0228. The highest BCUT2D eigenvalue weighted by Crippen LogP contribution is 2.17. The fraction of sp³-hybridized carbons (Fsp3) is 0.231. The Morgan fingerprint density at radius 3 is 2.94 bits per heavy atom. The van der Waals surface area contributed by atoms with Crippen LogP contribution in [0.25, 0.3) is 0 Å². The first-order chi connectivity index (χ1) is 8.78. The molecule has 0 spiro atoms. The lowest BCUT2D eigenvalue weighted by molar-refractivity contribution is -0.115. The molecule has 2 N–H and O–H groups in total. The molecule has 0 aliphatic rings. The zero-order chi connectivity index (χ0) is 12.8. The SMILES string of the molecule is CCC(=O)Nc1cccc(NCc2cncs2)c1. The summed E-state index contributed by atoms with van der Waals surface area (Å²) in [6, 6.07) is 7.70. The van der Waals surface area contributed by atoms with Crippen molar-refractivity contribution in [2.24, 2.45) is 0 Å². The summed E-state index contributed by atoms with van der Waals surface area (Å²) in [5.41, 5.74) is 3.61. The van der Waals surface area contributed by atoms with Gasteiger partial charge >= 0.3 is 0 Å². The van der Waals surface area contributed by atoms with Crippen molar-refractivity contribution in [1.82, 2.24) is 4.98 Å². The molecule has 1 aromatic heterocycles. The van der Waals surface area contributed by atoms with E-state index in [0.29, 0.717) is 6.42 Å². The fourth-order valence-electron chi connectivity index (χ4n) is 1.47. The minimum atomic E-state index is 0.0228. The zero-order valence-electron chi connectivity index (χ0n) is 10.1. The lowest BCUT2D eigenvalue weighted by Crippen LogP contribution is -2.09. The van der Waals surface area contributed by atoms with Gasteiger partial charge in [-0.1, -0.05) is 13.0 Å². The van der Waals surface area contributed by atoms with Gasteiger partial charge in [0.25, 0.3) is 0 Å². The molecule has 18 heavy (non-hydrogen) atoms. The number of nitrogens with zero attached hydrogens (tertiary/aromatic N) is 1. The molecule has 2 aromatic rings. The van der Waals surface area contributed by atoms with Crippen LogP contribution in [-0.2, 0) is 11.3 Å². The molecule has 4 nitrogen and oxygen atoms in total.